The first kappa shape index (κ1) is 22.0. The Hall–Kier alpha value is -2.68. The molecule has 0 radical (unpaired) electrons. The van der Waals surface area contributed by atoms with E-state index in [0.717, 1.165) is 22.9 Å². The molecule has 0 aromatic heterocycles. The van der Waals surface area contributed by atoms with E-state index in [0.29, 0.717) is 19.8 Å². The first-order chi connectivity index (χ1) is 14.3. The average molecular weight is 460 g/mol. The molecular weight excluding hydrogens is 442 g/mol. The van der Waals surface area contributed by atoms with Gasteiger partial charge in [0.05, 0.1) is 4.91 Å². The maximum Gasteiger partial charge on any atom is 0.269 e. The second-order valence-corrected chi connectivity index (χ2v) is 8.56. The van der Waals surface area contributed by atoms with Crippen molar-refractivity contribution in [3.8, 4) is 0 Å². The normalized spacial score (nSPS) is 14.9. The second kappa shape index (κ2) is 9.88. The third-order valence-electron chi connectivity index (χ3n) is 4.26. The molecule has 9 heteroatoms. The summed E-state index contributed by atoms with van der Waals surface area (Å²) in [6.07, 6.45) is 1.67. The molecule has 2 aromatic rings. The number of hydrazine groups is 1. The van der Waals surface area contributed by atoms with Crippen molar-refractivity contribution < 1.29 is 14.4 Å². The third-order valence-corrected chi connectivity index (χ3v) is 5.98. The van der Waals surface area contributed by atoms with Crippen molar-refractivity contribution in [2.45, 2.75) is 13.3 Å². The van der Waals surface area contributed by atoms with Gasteiger partial charge in [-0.1, -0.05) is 71.5 Å². The first-order valence-electron chi connectivity index (χ1n) is 9.01. The van der Waals surface area contributed by atoms with Gasteiger partial charge in [-0.3, -0.25) is 30.1 Å². The molecule has 30 heavy (non-hydrogen) atoms. The fraction of sp³-hybridized carbons (Fsp3) is 0.143. The van der Waals surface area contributed by atoms with Crippen LogP contribution in [0.15, 0.2) is 53.4 Å². The Kier molecular flexibility index (Phi) is 7.25. The number of rotatable bonds is 5. The zero-order valence-electron chi connectivity index (χ0n) is 16.0. The fourth-order valence-corrected chi connectivity index (χ4v) is 4.10. The molecule has 1 heterocycles. The van der Waals surface area contributed by atoms with Gasteiger partial charge in [0.25, 0.3) is 11.8 Å². The van der Waals surface area contributed by atoms with Crippen LogP contribution in [-0.2, 0) is 9.59 Å². The summed E-state index contributed by atoms with van der Waals surface area (Å²) in [5.41, 5.74) is 6.89. The van der Waals surface area contributed by atoms with E-state index in [4.69, 9.17) is 23.8 Å². The molecule has 0 bridgehead atoms. The highest BCUT2D eigenvalue weighted by molar-refractivity contribution is 8.26. The van der Waals surface area contributed by atoms with E-state index in [1.165, 1.54) is 4.90 Å². The van der Waals surface area contributed by atoms with Gasteiger partial charge in [-0.2, -0.15) is 0 Å². The molecule has 1 aliphatic heterocycles. The highest BCUT2D eigenvalue weighted by Crippen LogP contribution is 2.33. The Bertz CT molecular complexity index is 1040. The van der Waals surface area contributed by atoms with Gasteiger partial charge < -0.3 is 0 Å². The zero-order valence-corrected chi connectivity index (χ0v) is 18.4. The molecule has 1 aliphatic rings. The van der Waals surface area contributed by atoms with Crippen LogP contribution < -0.4 is 10.9 Å². The van der Waals surface area contributed by atoms with E-state index in [1.54, 1.807) is 36.4 Å². The molecule has 3 amide bonds. The summed E-state index contributed by atoms with van der Waals surface area (Å²) in [6, 6.07) is 14.1. The van der Waals surface area contributed by atoms with Crippen molar-refractivity contribution in [1.82, 2.24) is 15.8 Å². The highest BCUT2D eigenvalue weighted by Gasteiger charge is 2.32. The van der Waals surface area contributed by atoms with Crippen LogP contribution in [-0.4, -0.2) is 33.5 Å². The lowest BCUT2D eigenvalue weighted by atomic mass is 10.1. The van der Waals surface area contributed by atoms with Gasteiger partial charge in [0.2, 0.25) is 5.91 Å². The van der Waals surface area contributed by atoms with Crippen molar-refractivity contribution in [3.05, 3.63) is 75.1 Å². The van der Waals surface area contributed by atoms with E-state index < -0.39 is 11.8 Å². The van der Waals surface area contributed by atoms with Gasteiger partial charge in [0.1, 0.15) is 4.32 Å². The Morgan fingerprint density at radius 3 is 2.53 bits per heavy atom. The van der Waals surface area contributed by atoms with E-state index in [1.807, 2.05) is 25.1 Å². The first-order valence-corrected chi connectivity index (χ1v) is 10.6. The smallest absolute Gasteiger partial charge is 0.269 e. The summed E-state index contributed by atoms with van der Waals surface area (Å²) in [7, 11) is 0. The van der Waals surface area contributed by atoms with Gasteiger partial charge >= 0.3 is 0 Å². The average Bonchev–Trinajstić information content (AvgIpc) is 2.99. The molecule has 2 aromatic carbocycles. The number of carbonyl (C=O) groups excluding carboxylic acids is 3. The summed E-state index contributed by atoms with van der Waals surface area (Å²) in [6.45, 7) is 2.03. The van der Waals surface area contributed by atoms with E-state index in [-0.39, 0.29) is 18.9 Å². The Balaban J connectivity index is 1.52. The van der Waals surface area contributed by atoms with Crippen molar-refractivity contribution in [2.75, 3.05) is 6.54 Å². The molecule has 1 saturated heterocycles. The van der Waals surface area contributed by atoms with Crippen molar-refractivity contribution in [3.63, 3.8) is 0 Å². The Morgan fingerprint density at radius 1 is 1.13 bits per heavy atom. The lowest BCUT2D eigenvalue weighted by Crippen LogP contribution is -2.43. The minimum atomic E-state index is -0.431. The number of aryl methyl sites for hydroxylation is 1. The topological polar surface area (TPSA) is 78.5 Å². The number of thioether (sulfide) groups is 1. The molecule has 0 spiro atoms. The SMILES string of the molecule is Cc1ccc(C(=O)NNC(=O)CCN2C(=O)C(=Cc3ccccc3Cl)SC2=S)cc1. The lowest BCUT2D eigenvalue weighted by molar-refractivity contribution is -0.124. The number of hydrogen-bond acceptors (Lipinski definition) is 5. The quantitative estimate of drug-likeness (QED) is 0.405. The predicted molar refractivity (Wildman–Crippen MR) is 123 cm³/mol. The number of hydrogen-bond donors (Lipinski definition) is 2. The molecule has 0 atom stereocenters. The predicted octanol–water partition coefficient (Wildman–Crippen LogP) is 3.70. The van der Waals surface area contributed by atoms with Crippen LogP contribution in [0.3, 0.4) is 0 Å². The number of carbonyl (C=O) groups is 3. The number of amides is 3. The van der Waals surface area contributed by atoms with Crippen molar-refractivity contribution in [2.24, 2.45) is 0 Å². The number of halogens is 1. The largest absolute Gasteiger partial charge is 0.292 e. The van der Waals surface area contributed by atoms with Gasteiger partial charge in [-0.15, -0.1) is 0 Å². The van der Waals surface area contributed by atoms with Gasteiger partial charge in [-0.05, 0) is 36.8 Å². The van der Waals surface area contributed by atoms with Gasteiger partial charge in [0, 0.05) is 23.6 Å². The minimum Gasteiger partial charge on any atom is -0.292 e. The molecule has 0 unspecified atom stereocenters. The molecular formula is C21H18ClN3O3S2. The summed E-state index contributed by atoms with van der Waals surface area (Å²) in [4.78, 5) is 38.5. The molecule has 2 N–H and O–H groups in total. The molecule has 3 rings (SSSR count). The summed E-state index contributed by atoms with van der Waals surface area (Å²) >= 11 is 12.6. The third kappa shape index (κ3) is 5.47. The maximum atomic E-state index is 12.6. The molecule has 6 nitrogen and oxygen atoms in total. The maximum absolute atomic E-state index is 12.6. The van der Waals surface area contributed by atoms with E-state index in [2.05, 4.69) is 10.9 Å². The van der Waals surface area contributed by atoms with Crippen LogP contribution in [0.2, 0.25) is 5.02 Å². The van der Waals surface area contributed by atoms with Crippen LogP contribution in [0.5, 0.6) is 0 Å². The summed E-state index contributed by atoms with van der Waals surface area (Å²) < 4.78 is 0.370. The zero-order chi connectivity index (χ0) is 21.7. The highest BCUT2D eigenvalue weighted by atomic mass is 35.5. The molecule has 0 aliphatic carbocycles. The standard InChI is InChI=1S/C21H18ClN3O3S2/c1-13-6-8-14(9-7-13)19(27)24-23-18(26)10-11-25-20(28)17(30-21(25)29)12-15-4-2-3-5-16(15)22/h2-9,12H,10-11H2,1H3,(H,23,26)(H,24,27). The van der Waals surface area contributed by atoms with E-state index in [9.17, 15) is 14.4 Å². The number of nitrogens with one attached hydrogen (secondary N) is 2. The Morgan fingerprint density at radius 2 is 1.83 bits per heavy atom. The van der Waals surface area contributed by atoms with Crippen LogP contribution in [0.1, 0.15) is 27.9 Å². The van der Waals surface area contributed by atoms with Crippen molar-refractivity contribution >= 4 is 63.7 Å². The number of nitrogens with zero attached hydrogens (tertiary/aromatic N) is 1. The number of thiocarbonyl (C=S) groups is 1. The Labute approximate surface area is 188 Å². The summed E-state index contributed by atoms with van der Waals surface area (Å²) in [5.74, 6) is -1.13. The monoisotopic (exact) mass is 459 g/mol. The molecule has 0 saturated carbocycles. The van der Waals surface area contributed by atoms with E-state index >= 15 is 0 Å². The van der Waals surface area contributed by atoms with Gasteiger partial charge in [-0.25, -0.2) is 0 Å². The van der Waals surface area contributed by atoms with Crippen LogP contribution in [0.25, 0.3) is 6.08 Å². The van der Waals surface area contributed by atoms with Crippen LogP contribution in [0.4, 0.5) is 0 Å². The minimum absolute atomic E-state index is 0.0139. The molecule has 1 fully saturated rings. The van der Waals surface area contributed by atoms with Crippen LogP contribution in [0, 0.1) is 6.92 Å². The second-order valence-electron chi connectivity index (χ2n) is 6.47. The summed E-state index contributed by atoms with van der Waals surface area (Å²) in [5, 5.41) is 0.534. The fourth-order valence-electron chi connectivity index (χ4n) is 2.61. The number of benzene rings is 2. The van der Waals surface area contributed by atoms with Gasteiger partial charge in [0.15, 0.2) is 0 Å². The van der Waals surface area contributed by atoms with Crippen molar-refractivity contribution in [1.29, 1.82) is 0 Å². The van der Waals surface area contributed by atoms with Crippen LogP contribution >= 0.6 is 35.6 Å². The molecule has 154 valence electrons. The lowest BCUT2D eigenvalue weighted by Gasteiger charge is -2.14.